The number of likely N-dealkylation sites (tertiary alicyclic amines) is 1. The van der Waals surface area contributed by atoms with Crippen LogP contribution in [0, 0.1) is 5.92 Å². The lowest BCUT2D eigenvalue weighted by Crippen LogP contribution is -2.46. The first-order chi connectivity index (χ1) is 16.0. The average Bonchev–Trinajstić information content (AvgIpc) is 2.85. The van der Waals surface area contributed by atoms with Gasteiger partial charge in [-0.3, -0.25) is 14.4 Å². The first-order valence-corrected chi connectivity index (χ1v) is 11.4. The van der Waals surface area contributed by atoms with Gasteiger partial charge in [0.05, 0.1) is 19.1 Å². The van der Waals surface area contributed by atoms with E-state index in [4.69, 9.17) is 9.47 Å². The summed E-state index contributed by atoms with van der Waals surface area (Å²) in [5.74, 6) is -0.743. The maximum atomic E-state index is 12.7. The summed E-state index contributed by atoms with van der Waals surface area (Å²) in [4.78, 5) is 40.4. The van der Waals surface area contributed by atoms with Crippen molar-refractivity contribution >= 4 is 17.8 Å². The Morgan fingerprint density at radius 3 is 2.03 bits per heavy atom. The fourth-order valence-electron chi connectivity index (χ4n) is 3.92. The molecule has 3 rings (SSSR count). The van der Waals surface area contributed by atoms with Crippen LogP contribution in [0.3, 0.4) is 0 Å². The molecule has 1 heterocycles. The van der Waals surface area contributed by atoms with E-state index in [-0.39, 0.29) is 43.0 Å². The van der Waals surface area contributed by atoms with E-state index < -0.39 is 0 Å². The van der Waals surface area contributed by atoms with E-state index in [1.807, 2.05) is 60.7 Å². The van der Waals surface area contributed by atoms with Crippen molar-refractivity contribution < 1.29 is 23.9 Å². The molecule has 2 aromatic carbocycles. The summed E-state index contributed by atoms with van der Waals surface area (Å²) in [6, 6.07) is 19.5. The fraction of sp³-hybridized carbons (Fsp3) is 0.423. The predicted molar refractivity (Wildman–Crippen MR) is 124 cm³/mol. The van der Waals surface area contributed by atoms with E-state index >= 15 is 0 Å². The first kappa shape index (κ1) is 24.5. The summed E-state index contributed by atoms with van der Waals surface area (Å²) in [6.07, 6.45) is 0.796. The number of hydrogen-bond acceptors (Lipinski definition) is 5. The lowest BCUT2D eigenvalue weighted by Gasteiger charge is -2.32. The van der Waals surface area contributed by atoms with Gasteiger partial charge >= 0.3 is 5.97 Å². The molecule has 1 saturated heterocycles. The Morgan fingerprint density at radius 2 is 1.52 bits per heavy atom. The van der Waals surface area contributed by atoms with Gasteiger partial charge < -0.3 is 19.3 Å². The normalized spacial score (nSPS) is 14.2. The molecular weight excluding hydrogens is 420 g/mol. The Hall–Kier alpha value is -3.19. The number of likely N-dealkylation sites (N-methyl/N-ethyl adjacent to an activating group) is 1. The molecule has 33 heavy (non-hydrogen) atoms. The molecule has 176 valence electrons. The van der Waals surface area contributed by atoms with Crippen LogP contribution in [0.2, 0.25) is 0 Å². The zero-order valence-electron chi connectivity index (χ0n) is 19.3. The van der Waals surface area contributed by atoms with Gasteiger partial charge in [-0.25, -0.2) is 0 Å². The van der Waals surface area contributed by atoms with E-state index in [0.29, 0.717) is 32.5 Å². The minimum absolute atomic E-state index is 0.0202. The summed E-state index contributed by atoms with van der Waals surface area (Å²) in [6.45, 7) is 2.98. The molecule has 1 aliphatic heterocycles. The highest BCUT2D eigenvalue weighted by Crippen LogP contribution is 2.25. The third kappa shape index (κ3) is 6.89. The van der Waals surface area contributed by atoms with Gasteiger partial charge in [0.15, 0.2) is 0 Å². The van der Waals surface area contributed by atoms with Crippen LogP contribution in [0.15, 0.2) is 60.7 Å². The largest absolute Gasteiger partial charge is 0.466 e. The van der Waals surface area contributed by atoms with E-state index in [2.05, 4.69) is 0 Å². The van der Waals surface area contributed by atoms with Crippen LogP contribution < -0.4 is 0 Å². The van der Waals surface area contributed by atoms with Crippen LogP contribution in [0.25, 0.3) is 0 Å². The highest BCUT2D eigenvalue weighted by atomic mass is 16.5. The van der Waals surface area contributed by atoms with Crippen LogP contribution in [0.4, 0.5) is 0 Å². The average molecular weight is 453 g/mol. The van der Waals surface area contributed by atoms with Crippen molar-refractivity contribution in [3.8, 4) is 0 Å². The molecule has 0 spiro atoms. The zero-order valence-corrected chi connectivity index (χ0v) is 19.3. The van der Waals surface area contributed by atoms with Crippen LogP contribution in [-0.4, -0.2) is 67.5 Å². The molecular formula is C26H32N2O5. The number of piperidine rings is 1. The number of esters is 1. The molecule has 7 nitrogen and oxygen atoms in total. The molecule has 0 radical (unpaired) electrons. The Bertz CT molecular complexity index is 871. The zero-order chi connectivity index (χ0) is 23.6. The van der Waals surface area contributed by atoms with Crippen LogP contribution in [0.5, 0.6) is 0 Å². The SMILES string of the molecule is CCOC(=O)C1CCN(C(=O)CN(C)C(=O)COC(c2ccccc2)c2ccccc2)CC1. The minimum Gasteiger partial charge on any atom is -0.466 e. The summed E-state index contributed by atoms with van der Waals surface area (Å²) in [7, 11) is 1.61. The molecule has 1 fully saturated rings. The standard InChI is InChI=1S/C26H32N2O5/c1-3-32-26(31)22-14-16-28(17-15-22)23(29)18-27(2)24(30)19-33-25(20-10-6-4-7-11-20)21-12-8-5-9-13-21/h4-13,22,25H,3,14-19H2,1-2H3. The van der Waals surface area contributed by atoms with Gasteiger partial charge in [0.25, 0.3) is 0 Å². The minimum atomic E-state index is -0.373. The van der Waals surface area contributed by atoms with Gasteiger partial charge in [-0.05, 0) is 30.9 Å². The second-order valence-electron chi connectivity index (χ2n) is 8.17. The number of hydrogen-bond donors (Lipinski definition) is 0. The Kier molecular flexibility index (Phi) is 9.01. The summed E-state index contributed by atoms with van der Waals surface area (Å²) >= 11 is 0. The third-order valence-electron chi connectivity index (χ3n) is 5.84. The molecule has 0 unspecified atom stereocenters. The van der Waals surface area contributed by atoms with Crippen molar-refractivity contribution in [3.63, 3.8) is 0 Å². The highest BCUT2D eigenvalue weighted by molar-refractivity contribution is 5.85. The number of carbonyl (C=O) groups excluding carboxylic acids is 3. The molecule has 2 amide bonds. The Labute approximate surface area is 195 Å². The van der Waals surface area contributed by atoms with Crippen LogP contribution in [0.1, 0.15) is 37.0 Å². The number of rotatable bonds is 9. The Morgan fingerprint density at radius 1 is 0.970 bits per heavy atom. The first-order valence-electron chi connectivity index (χ1n) is 11.4. The molecule has 0 aliphatic carbocycles. The lowest BCUT2D eigenvalue weighted by molar-refractivity contribution is -0.151. The van der Waals surface area contributed by atoms with Gasteiger partial charge in [-0.2, -0.15) is 0 Å². The quantitative estimate of drug-likeness (QED) is 0.547. The molecule has 0 atom stereocenters. The fourth-order valence-corrected chi connectivity index (χ4v) is 3.92. The summed E-state index contributed by atoms with van der Waals surface area (Å²) < 4.78 is 11.1. The van der Waals surface area contributed by atoms with Gasteiger partial charge in [0.1, 0.15) is 12.7 Å². The summed E-state index contributed by atoms with van der Waals surface area (Å²) in [5, 5.41) is 0. The van der Waals surface area contributed by atoms with E-state index in [9.17, 15) is 14.4 Å². The smallest absolute Gasteiger partial charge is 0.309 e. The maximum Gasteiger partial charge on any atom is 0.309 e. The number of nitrogens with zero attached hydrogens (tertiary/aromatic N) is 2. The van der Waals surface area contributed by atoms with E-state index in [1.54, 1.807) is 18.9 Å². The topological polar surface area (TPSA) is 76.2 Å². The van der Waals surface area contributed by atoms with Crippen molar-refractivity contribution in [2.75, 3.05) is 39.9 Å². The second-order valence-corrected chi connectivity index (χ2v) is 8.17. The predicted octanol–water partition coefficient (Wildman–Crippen LogP) is 3.05. The third-order valence-corrected chi connectivity index (χ3v) is 5.84. The lowest BCUT2D eigenvalue weighted by atomic mass is 9.97. The van der Waals surface area contributed by atoms with Crippen LogP contribution >= 0.6 is 0 Å². The molecule has 0 saturated carbocycles. The van der Waals surface area contributed by atoms with Gasteiger partial charge in [-0.1, -0.05) is 60.7 Å². The molecule has 2 aromatic rings. The van der Waals surface area contributed by atoms with Crippen LogP contribution in [-0.2, 0) is 23.9 Å². The number of carbonyl (C=O) groups is 3. The van der Waals surface area contributed by atoms with Crippen molar-refractivity contribution in [1.29, 1.82) is 0 Å². The molecule has 1 aliphatic rings. The number of benzene rings is 2. The molecule has 0 bridgehead atoms. The van der Waals surface area contributed by atoms with Gasteiger partial charge in [0.2, 0.25) is 11.8 Å². The van der Waals surface area contributed by atoms with Crippen molar-refractivity contribution in [2.45, 2.75) is 25.9 Å². The highest BCUT2D eigenvalue weighted by Gasteiger charge is 2.29. The monoisotopic (exact) mass is 452 g/mol. The maximum absolute atomic E-state index is 12.7. The van der Waals surface area contributed by atoms with Gasteiger partial charge in [-0.15, -0.1) is 0 Å². The molecule has 0 N–H and O–H groups in total. The van der Waals surface area contributed by atoms with Gasteiger partial charge in [0, 0.05) is 20.1 Å². The van der Waals surface area contributed by atoms with Crippen molar-refractivity contribution in [3.05, 3.63) is 71.8 Å². The molecule has 7 heteroatoms. The second kappa shape index (κ2) is 12.2. The van der Waals surface area contributed by atoms with E-state index in [1.165, 1.54) is 4.90 Å². The van der Waals surface area contributed by atoms with E-state index in [0.717, 1.165) is 11.1 Å². The summed E-state index contributed by atoms with van der Waals surface area (Å²) in [5.41, 5.74) is 1.92. The number of amides is 2. The Balaban J connectivity index is 1.51. The number of ether oxygens (including phenoxy) is 2. The van der Waals surface area contributed by atoms with Crippen molar-refractivity contribution in [2.24, 2.45) is 5.92 Å². The van der Waals surface area contributed by atoms with Crippen molar-refractivity contribution in [1.82, 2.24) is 9.80 Å². The molecule has 0 aromatic heterocycles.